The zero-order valence-corrected chi connectivity index (χ0v) is 19.4. The number of aryl methyl sites for hydroxylation is 1. The molecule has 0 saturated carbocycles. The first-order valence-corrected chi connectivity index (χ1v) is 10.8. The third-order valence-electron chi connectivity index (χ3n) is 4.74. The summed E-state index contributed by atoms with van der Waals surface area (Å²) in [5.41, 5.74) is 1.06. The lowest BCUT2D eigenvalue weighted by molar-refractivity contribution is 0.0263. The van der Waals surface area contributed by atoms with E-state index in [1.807, 2.05) is 39.8 Å². The topological polar surface area (TPSA) is 75.6 Å². The molecule has 1 saturated heterocycles. The van der Waals surface area contributed by atoms with Crippen molar-refractivity contribution in [3.05, 3.63) is 51.9 Å². The van der Waals surface area contributed by atoms with E-state index in [9.17, 15) is 9.59 Å². The lowest BCUT2D eigenvalue weighted by Crippen LogP contribution is -2.39. The van der Waals surface area contributed by atoms with E-state index in [4.69, 9.17) is 4.74 Å². The number of aromatic nitrogens is 2. The molecule has 162 valence electrons. The molecule has 0 bridgehead atoms. The second kappa shape index (κ2) is 9.12. The Bertz CT molecular complexity index is 949. The van der Waals surface area contributed by atoms with E-state index in [1.54, 1.807) is 23.2 Å². The molecule has 0 aromatic carbocycles. The molecule has 1 fully saturated rings. The number of ketones is 1. The number of rotatable bonds is 3. The largest absolute Gasteiger partial charge is 0.444 e. The Morgan fingerprint density at radius 2 is 1.93 bits per heavy atom. The fourth-order valence-corrected chi connectivity index (χ4v) is 3.59. The normalized spacial score (nSPS) is 15.0. The minimum absolute atomic E-state index is 0. The summed E-state index contributed by atoms with van der Waals surface area (Å²) in [6, 6.07) is 7.22. The van der Waals surface area contributed by atoms with Crippen molar-refractivity contribution in [1.82, 2.24) is 14.9 Å². The van der Waals surface area contributed by atoms with E-state index in [1.165, 1.54) is 0 Å². The van der Waals surface area contributed by atoms with Gasteiger partial charge in [-0.05, 0) is 68.2 Å². The predicted molar refractivity (Wildman–Crippen MR) is 121 cm³/mol. The summed E-state index contributed by atoms with van der Waals surface area (Å²) < 4.78 is 6.24. The molecule has 0 aliphatic carbocycles. The van der Waals surface area contributed by atoms with Crippen molar-refractivity contribution in [3.8, 4) is 0 Å². The van der Waals surface area contributed by atoms with Crippen molar-refractivity contribution >= 4 is 33.6 Å². The second-order valence-electron chi connectivity index (χ2n) is 8.30. The third-order valence-corrected chi connectivity index (χ3v) is 5.17. The summed E-state index contributed by atoms with van der Waals surface area (Å²) in [6.07, 6.45) is 2.18. The van der Waals surface area contributed by atoms with Crippen molar-refractivity contribution in [1.29, 1.82) is 0 Å². The van der Waals surface area contributed by atoms with Crippen LogP contribution in [0.4, 0.5) is 10.6 Å². The first-order valence-electron chi connectivity index (χ1n) is 10.0. The zero-order chi connectivity index (χ0) is 21.9. The maximum absolute atomic E-state index is 13.0. The van der Waals surface area contributed by atoms with E-state index < -0.39 is 5.60 Å². The number of amides is 1. The highest BCUT2D eigenvalue weighted by Crippen LogP contribution is 2.20. The van der Waals surface area contributed by atoms with E-state index in [2.05, 4.69) is 30.8 Å². The average Bonchev–Trinajstić information content (AvgIpc) is 2.94. The van der Waals surface area contributed by atoms with Crippen molar-refractivity contribution in [2.45, 2.75) is 39.7 Å². The lowest BCUT2D eigenvalue weighted by Gasteiger charge is -2.26. The molecule has 0 atom stereocenters. The van der Waals surface area contributed by atoms with Crippen LogP contribution in [0.1, 0.15) is 50.4 Å². The summed E-state index contributed by atoms with van der Waals surface area (Å²) in [4.78, 5) is 38.1. The molecule has 0 unspecified atom stereocenters. The molecule has 3 rings (SSSR count). The van der Waals surface area contributed by atoms with Crippen LogP contribution < -0.4 is 4.90 Å². The fraction of sp³-hybridized carbons (Fsp3) is 0.455. The molecule has 30 heavy (non-hydrogen) atoms. The second-order valence-corrected chi connectivity index (χ2v) is 9.22. The van der Waals surface area contributed by atoms with Crippen LogP contribution in [0.25, 0.3) is 0 Å². The predicted octanol–water partition coefficient (Wildman–Crippen LogP) is 4.47. The molecule has 7 nitrogen and oxygen atoms in total. The van der Waals surface area contributed by atoms with Gasteiger partial charge in [0.2, 0.25) is 5.78 Å². The van der Waals surface area contributed by atoms with Gasteiger partial charge in [-0.1, -0.05) is 6.07 Å². The minimum atomic E-state index is -0.515. The van der Waals surface area contributed by atoms with E-state index in [0.717, 1.165) is 23.3 Å². The van der Waals surface area contributed by atoms with Gasteiger partial charge in [-0.3, -0.25) is 9.78 Å². The first kappa shape index (κ1) is 22.2. The van der Waals surface area contributed by atoms with Crippen LogP contribution in [-0.4, -0.2) is 58.5 Å². The van der Waals surface area contributed by atoms with Gasteiger partial charge in [-0.2, -0.15) is 0 Å². The zero-order valence-electron chi connectivity index (χ0n) is 17.8. The van der Waals surface area contributed by atoms with E-state index in [0.29, 0.717) is 36.6 Å². The molecule has 3 heterocycles. The Morgan fingerprint density at radius 3 is 2.67 bits per heavy atom. The molecule has 1 amide bonds. The molecule has 2 aromatic rings. The van der Waals surface area contributed by atoms with Gasteiger partial charge in [0.1, 0.15) is 17.1 Å². The molecular formula is C22H29BrN4O3. The van der Waals surface area contributed by atoms with Crippen LogP contribution in [-0.2, 0) is 4.74 Å². The van der Waals surface area contributed by atoms with Crippen LogP contribution >= 0.6 is 15.9 Å². The molecule has 0 radical (unpaired) electrons. The van der Waals surface area contributed by atoms with Crippen molar-refractivity contribution in [2.24, 2.45) is 0 Å². The van der Waals surface area contributed by atoms with Gasteiger partial charge in [-0.25, -0.2) is 9.78 Å². The summed E-state index contributed by atoms with van der Waals surface area (Å²) in [5, 5.41) is 0. The van der Waals surface area contributed by atoms with Crippen LogP contribution in [0.2, 0.25) is 0 Å². The van der Waals surface area contributed by atoms with Crippen LogP contribution in [0, 0.1) is 6.92 Å². The summed E-state index contributed by atoms with van der Waals surface area (Å²) in [7, 11) is 0. The Hall–Kier alpha value is -2.48. The van der Waals surface area contributed by atoms with Crippen LogP contribution in [0.3, 0.4) is 0 Å². The highest BCUT2D eigenvalue weighted by Gasteiger charge is 2.25. The number of carbonyl (C=O) groups is 2. The number of halogens is 1. The maximum Gasteiger partial charge on any atom is 0.410 e. The van der Waals surface area contributed by atoms with Gasteiger partial charge in [0.05, 0.1) is 0 Å². The lowest BCUT2D eigenvalue weighted by atomic mass is 10.1. The molecule has 0 N–H and O–H groups in total. The number of ether oxygens (including phenoxy) is 1. The summed E-state index contributed by atoms with van der Waals surface area (Å²) in [5.74, 6) is 0.570. The average molecular weight is 477 g/mol. The third kappa shape index (κ3) is 5.56. The van der Waals surface area contributed by atoms with Gasteiger partial charge in [-0.15, -0.1) is 0 Å². The standard InChI is InChI=1S/C22H27BrN4O3.H2/c1-15-17(13-16(23)14-24-15)20(28)18-7-5-8-19(25-18)26-9-6-10-27(12-11-26)21(29)30-22(2,3)4;/h5,7-8,13-14H,6,9-12H2,1-4H3;1H. The molecule has 0 spiro atoms. The van der Waals surface area contributed by atoms with Gasteiger partial charge in [0.25, 0.3) is 0 Å². The van der Waals surface area contributed by atoms with Gasteiger partial charge in [0.15, 0.2) is 0 Å². The molecule has 1 aliphatic heterocycles. The highest BCUT2D eigenvalue weighted by atomic mass is 79.9. The number of hydrogen-bond acceptors (Lipinski definition) is 6. The van der Waals surface area contributed by atoms with Gasteiger partial charge < -0.3 is 14.5 Å². The SMILES string of the molecule is Cc1ncc(Br)cc1C(=O)c1cccc(N2CCCN(C(=O)OC(C)(C)C)CC2)n1.[HH]. The van der Waals surface area contributed by atoms with Crippen molar-refractivity contribution in [3.63, 3.8) is 0 Å². The van der Waals surface area contributed by atoms with Crippen LogP contribution in [0.15, 0.2) is 34.9 Å². The number of pyridine rings is 2. The number of anilines is 1. The van der Waals surface area contributed by atoms with Gasteiger partial charge in [0, 0.05) is 49.5 Å². The smallest absolute Gasteiger partial charge is 0.410 e. The highest BCUT2D eigenvalue weighted by molar-refractivity contribution is 9.10. The molecular weight excluding hydrogens is 448 g/mol. The molecule has 8 heteroatoms. The summed E-state index contributed by atoms with van der Waals surface area (Å²) in [6.45, 7) is 9.96. The quantitative estimate of drug-likeness (QED) is 0.608. The van der Waals surface area contributed by atoms with Crippen molar-refractivity contribution in [2.75, 3.05) is 31.1 Å². The maximum atomic E-state index is 13.0. The van der Waals surface area contributed by atoms with E-state index in [-0.39, 0.29) is 13.3 Å². The number of carbonyl (C=O) groups excluding carboxylic acids is 2. The molecule has 2 aromatic heterocycles. The van der Waals surface area contributed by atoms with Crippen molar-refractivity contribution < 1.29 is 15.8 Å². The first-order chi connectivity index (χ1) is 14.1. The number of hydrogen-bond donors (Lipinski definition) is 0. The Balaban J connectivity index is 0.00000341. The minimum Gasteiger partial charge on any atom is -0.444 e. The fourth-order valence-electron chi connectivity index (χ4n) is 3.26. The van der Waals surface area contributed by atoms with Crippen LogP contribution in [0.5, 0.6) is 0 Å². The van der Waals surface area contributed by atoms with Gasteiger partial charge >= 0.3 is 6.09 Å². The molecule has 1 aliphatic rings. The Labute approximate surface area is 187 Å². The Morgan fingerprint density at radius 1 is 1.17 bits per heavy atom. The van der Waals surface area contributed by atoms with E-state index >= 15 is 0 Å². The Kier molecular flexibility index (Phi) is 6.75. The number of nitrogens with zero attached hydrogens (tertiary/aromatic N) is 4. The summed E-state index contributed by atoms with van der Waals surface area (Å²) >= 11 is 3.37. The monoisotopic (exact) mass is 476 g/mol.